The number of hydrogen-bond acceptors (Lipinski definition) is 7. The van der Waals surface area contributed by atoms with Crippen LogP contribution in [0.5, 0.6) is 5.75 Å². The third-order valence-electron chi connectivity index (χ3n) is 2.81. The zero-order valence-electron chi connectivity index (χ0n) is 12.8. The second-order valence-electron chi connectivity index (χ2n) is 4.99. The van der Waals surface area contributed by atoms with Gasteiger partial charge in [0.15, 0.2) is 0 Å². The largest absolute Gasteiger partial charge is 0.493 e. The van der Waals surface area contributed by atoms with Crippen molar-refractivity contribution in [2.24, 2.45) is 5.10 Å². The summed E-state index contributed by atoms with van der Waals surface area (Å²) in [6, 6.07) is 7.81. The molecule has 0 atom stereocenters. The van der Waals surface area contributed by atoms with E-state index in [1.54, 1.807) is 11.6 Å². The molecule has 0 unspecified atom stereocenters. The Bertz CT molecular complexity index is 611. The van der Waals surface area contributed by atoms with Crippen molar-refractivity contribution in [3.05, 3.63) is 35.2 Å². The highest BCUT2D eigenvalue weighted by atomic mass is 32.1. The van der Waals surface area contributed by atoms with Gasteiger partial charge in [-0.25, -0.2) is 4.98 Å². The molecule has 0 saturated heterocycles. The molecule has 6 nitrogen and oxygen atoms in total. The van der Waals surface area contributed by atoms with Gasteiger partial charge in [0.1, 0.15) is 11.6 Å². The highest BCUT2D eigenvalue weighted by Crippen LogP contribution is 2.18. The van der Waals surface area contributed by atoms with E-state index in [9.17, 15) is 0 Å². The van der Waals surface area contributed by atoms with Gasteiger partial charge in [-0.15, -0.1) is 11.3 Å². The fourth-order valence-corrected chi connectivity index (χ4v) is 2.32. The first-order valence-corrected chi connectivity index (χ1v) is 7.90. The second kappa shape index (κ2) is 8.35. The number of nitrogens with two attached hydrogens (primary N) is 1. The maximum atomic E-state index is 5.82. The molecular formula is C15H21N5OS. The summed E-state index contributed by atoms with van der Waals surface area (Å²) in [4.78, 5) is 6.22. The van der Waals surface area contributed by atoms with E-state index in [1.165, 1.54) is 11.3 Å². The van der Waals surface area contributed by atoms with Gasteiger partial charge in [-0.1, -0.05) is 12.1 Å². The normalized spacial score (nSPS) is 11.2. The predicted octanol–water partition coefficient (Wildman–Crippen LogP) is 2.50. The van der Waals surface area contributed by atoms with Crippen LogP contribution < -0.4 is 15.9 Å². The molecule has 22 heavy (non-hydrogen) atoms. The van der Waals surface area contributed by atoms with E-state index >= 15 is 0 Å². The van der Waals surface area contributed by atoms with Crippen LogP contribution in [0, 0.1) is 0 Å². The number of benzene rings is 1. The van der Waals surface area contributed by atoms with E-state index in [1.807, 2.05) is 24.3 Å². The molecule has 1 aromatic heterocycles. The molecular weight excluding hydrogens is 298 g/mol. The van der Waals surface area contributed by atoms with Crippen molar-refractivity contribution >= 4 is 28.5 Å². The third kappa shape index (κ3) is 5.34. The molecule has 0 fully saturated rings. The van der Waals surface area contributed by atoms with Crippen LogP contribution in [0.25, 0.3) is 0 Å². The number of nitrogens with one attached hydrogen (secondary N) is 1. The second-order valence-corrected chi connectivity index (χ2v) is 5.85. The van der Waals surface area contributed by atoms with Crippen LogP contribution >= 0.6 is 11.3 Å². The van der Waals surface area contributed by atoms with Gasteiger partial charge in [0.2, 0.25) is 5.13 Å². The number of aromatic nitrogens is 1. The summed E-state index contributed by atoms with van der Waals surface area (Å²) in [6.07, 6.45) is 2.70. The van der Waals surface area contributed by atoms with Crippen molar-refractivity contribution in [3.63, 3.8) is 0 Å². The first kappa shape index (κ1) is 16.3. The molecule has 0 aliphatic heterocycles. The zero-order chi connectivity index (χ0) is 15.8. The van der Waals surface area contributed by atoms with E-state index in [2.05, 4.69) is 34.5 Å². The molecule has 1 heterocycles. The number of nitrogens with zero attached hydrogens (tertiary/aromatic N) is 3. The molecule has 2 aromatic rings. The maximum absolute atomic E-state index is 5.82. The topological polar surface area (TPSA) is 75.8 Å². The van der Waals surface area contributed by atoms with Gasteiger partial charge in [-0.05, 0) is 32.6 Å². The van der Waals surface area contributed by atoms with Gasteiger partial charge in [-0.2, -0.15) is 5.10 Å². The van der Waals surface area contributed by atoms with Crippen LogP contribution in [0.4, 0.5) is 10.9 Å². The fourth-order valence-electron chi connectivity index (χ4n) is 1.78. The first-order chi connectivity index (χ1) is 10.6. The third-order valence-corrected chi connectivity index (χ3v) is 3.58. The van der Waals surface area contributed by atoms with Crippen LogP contribution in [0.2, 0.25) is 0 Å². The molecule has 1 aromatic carbocycles. The van der Waals surface area contributed by atoms with Crippen molar-refractivity contribution in [1.82, 2.24) is 9.88 Å². The molecule has 0 bridgehead atoms. The van der Waals surface area contributed by atoms with Crippen molar-refractivity contribution in [2.75, 3.05) is 38.4 Å². The van der Waals surface area contributed by atoms with Crippen molar-refractivity contribution < 1.29 is 4.74 Å². The van der Waals surface area contributed by atoms with Gasteiger partial charge in [0.05, 0.1) is 12.8 Å². The lowest BCUT2D eigenvalue weighted by atomic mass is 10.2. The average Bonchev–Trinajstić information content (AvgIpc) is 2.90. The molecule has 0 saturated carbocycles. The summed E-state index contributed by atoms with van der Waals surface area (Å²) in [5, 5.41) is 6.60. The number of anilines is 2. The van der Waals surface area contributed by atoms with Crippen LogP contribution in [-0.4, -0.2) is 43.3 Å². The first-order valence-electron chi connectivity index (χ1n) is 7.02. The van der Waals surface area contributed by atoms with E-state index in [0.717, 1.165) is 24.3 Å². The Morgan fingerprint density at radius 2 is 2.23 bits per heavy atom. The Hall–Kier alpha value is -2.12. The Kier molecular flexibility index (Phi) is 6.17. The van der Waals surface area contributed by atoms with Crippen molar-refractivity contribution in [2.45, 2.75) is 6.42 Å². The number of hydrogen-bond donors (Lipinski definition) is 2. The zero-order valence-corrected chi connectivity index (χ0v) is 13.6. The number of hydrazone groups is 1. The number of rotatable bonds is 8. The maximum Gasteiger partial charge on any atom is 0.205 e. The lowest BCUT2D eigenvalue weighted by Gasteiger charge is -2.11. The predicted molar refractivity (Wildman–Crippen MR) is 92.9 cm³/mol. The molecule has 118 valence electrons. The molecule has 0 radical (unpaired) electrons. The lowest BCUT2D eigenvalue weighted by Crippen LogP contribution is -2.15. The molecule has 0 spiro atoms. The quantitative estimate of drug-likeness (QED) is 0.444. The summed E-state index contributed by atoms with van der Waals surface area (Å²) < 4.78 is 5.82. The summed E-state index contributed by atoms with van der Waals surface area (Å²) >= 11 is 1.41. The molecule has 2 rings (SSSR count). The standard InChI is InChI=1S/C15H21N5OS/c1-20(2)8-5-9-21-13-7-4-3-6-12(13)10-17-19-15-18-14(16)11-22-15/h3-4,6-7,10-11H,5,8-9,16H2,1-2H3,(H,18,19). The number of nitrogen functional groups attached to an aromatic ring is 1. The summed E-state index contributed by atoms with van der Waals surface area (Å²) in [5.41, 5.74) is 9.34. The SMILES string of the molecule is CN(C)CCCOc1ccccc1C=NNc1nc(N)cs1. The monoisotopic (exact) mass is 319 g/mol. The highest BCUT2D eigenvalue weighted by molar-refractivity contribution is 7.14. The van der Waals surface area contributed by atoms with Crippen LogP contribution in [0.1, 0.15) is 12.0 Å². The molecule has 7 heteroatoms. The van der Waals surface area contributed by atoms with E-state index in [0.29, 0.717) is 17.6 Å². The van der Waals surface area contributed by atoms with Gasteiger partial charge < -0.3 is 15.4 Å². The van der Waals surface area contributed by atoms with Crippen molar-refractivity contribution in [1.29, 1.82) is 0 Å². The van der Waals surface area contributed by atoms with Crippen LogP contribution in [0.3, 0.4) is 0 Å². The van der Waals surface area contributed by atoms with Gasteiger partial charge >= 0.3 is 0 Å². The van der Waals surface area contributed by atoms with Crippen molar-refractivity contribution in [3.8, 4) is 5.75 Å². The minimum absolute atomic E-state index is 0.493. The lowest BCUT2D eigenvalue weighted by molar-refractivity contribution is 0.281. The number of para-hydroxylation sites is 1. The summed E-state index contributed by atoms with van der Waals surface area (Å²) in [5.74, 6) is 1.32. The van der Waals surface area contributed by atoms with Gasteiger partial charge in [-0.3, -0.25) is 5.43 Å². The van der Waals surface area contributed by atoms with E-state index < -0.39 is 0 Å². The van der Waals surface area contributed by atoms with Crippen LogP contribution in [0.15, 0.2) is 34.7 Å². The van der Waals surface area contributed by atoms with Gasteiger partial charge in [0.25, 0.3) is 0 Å². The number of thiazole rings is 1. The Morgan fingerprint density at radius 3 is 2.95 bits per heavy atom. The Morgan fingerprint density at radius 1 is 1.41 bits per heavy atom. The smallest absolute Gasteiger partial charge is 0.205 e. The minimum Gasteiger partial charge on any atom is -0.493 e. The number of ether oxygens (including phenoxy) is 1. The highest BCUT2D eigenvalue weighted by Gasteiger charge is 2.01. The fraction of sp³-hybridized carbons (Fsp3) is 0.333. The average molecular weight is 319 g/mol. The summed E-state index contributed by atoms with van der Waals surface area (Å²) in [7, 11) is 4.11. The minimum atomic E-state index is 0.493. The molecule has 0 aliphatic rings. The van der Waals surface area contributed by atoms with Gasteiger partial charge in [0, 0.05) is 17.5 Å². The summed E-state index contributed by atoms with van der Waals surface area (Å²) in [6.45, 7) is 1.68. The van der Waals surface area contributed by atoms with Crippen LogP contribution in [-0.2, 0) is 0 Å². The van der Waals surface area contributed by atoms with E-state index in [4.69, 9.17) is 10.5 Å². The molecule has 0 amide bonds. The Labute approximate surface area is 134 Å². The molecule has 3 N–H and O–H groups in total. The Balaban J connectivity index is 1.90. The molecule has 0 aliphatic carbocycles. The van der Waals surface area contributed by atoms with E-state index in [-0.39, 0.29) is 0 Å².